The summed E-state index contributed by atoms with van der Waals surface area (Å²) in [5.74, 6) is 1.40. The van der Waals surface area contributed by atoms with E-state index in [0.29, 0.717) is 31.2 Å². The number of guanidine groups is 1. The van der Waals surface area contributed by atoms with Gasteiger partial charge in [-0.15, -0.1) is 10.2 Å². The normalized spacial score (nSPS) is 11.4. The third-order valence-corrected chi connectivity index (χ3v) is 4.59. The maximum Gasteiger partial charge on any atom is 0.251 e. The lowest BCUT2D eigenvalue weighted by atomic mass is 10.2. The fraction of sp³-hybridized carbons (Fsp3) is 0.263. The maximum atomic E-state index is 12.1. The Morgan fingerprint density at radius 3 is 2.64 bits per heavy atom. The number of halogens is 1. The molecule has 0 unspecified atom stereocenters. The van der Waals surface area contributed by atoms with Crippen molar-refractivity contribution in [2.75, 3.05) is 20.1 Å². The monoisotopic (exact) mass is 443 g/mol. The average molecular weight is 444 g/mol. The number of rotatable bonds is 7. The van der Waals surface area contributed by atoms with Crippen molar-refractivity contribution in [3.63, 3.8) is 0 Å². The van der Waals surface area contributed by atoms with Gasteiger partial charge >= 0.3 is 0 Å². The van der Waals surface area contributed by atoms with Crippen LogP contribution in [0.3, 0.4) is 0 Å². The zero-order valence-electron chi connectivity index (χ0n) is 15.5. The van der Waals surface area contributed by atoms with E-state index in [2.05, 4.69) is 47.1 Å². The second-order valence-electron chi connectivity index (χ2n) is 6.01. The van der Waals surface area contributed by atoms with Crippen molar-refractivity contribution in [1.29, 1.82) is 0 Å². The standard InChI is InChI=1S/C19H22BrN7O/c1-21-19(24-13-17-26-25-16-5-2-3-12-27(16)17)23-11-4-10-22-18(28)14-6-8-15(20)9-7-14/h2-3,5-9,12H,4,10-11,13H2,1H3,(H,22,28)(H2,21,23,24). The lowest BCUT2D eigenvalue weighted by molar-refractivity contribution is 0.0953. The molecule has 3 N–H and O–H groups in total. The molecule has 0 aliphatic carbocycles. The second-order valence-corrected chi connectivity index (χ2v) is 6.93. The van der Waals surface area contributed by atoms with Gasteiger partial charge in [0.25, 0.3) is 5.91 Å². The van der Waals surface area contributed by atoms with Gasteiger partial charge in [-0.3, -0.25) is 14.2 Å². The molecule has 1 amide bonds. The highest BCUT2D eigenvalue weighted by Gasteiger charge is 2.06. The lowest BCUT2D eigenvalue weighted by Crippen LogP contribution is -2.38. The summed E-state index contributed by atoms with van der Waals surface area (Å²) in [7, 11) is 1.71. The van der Waals surface area contributed by atoms with Gasteiger partial charge in [0.15, 0.2) is 17.4 Å². The highest BCUT2D eigenvalue weighted by atomic mass is 79.9. The molecule has 9 heteroatoms. The van der Waals surface area contributed by atoms with Crippen LogP contribution < -0.4 is 16.0 Å². The smallest absolute Gasteiger partial charge is 0.251 e. The van der Waals surface area contributed by atoms with E-state index in [0.717, 1.165) is 22.4 Å². The van der Waals surface area contributed by atoms with E-state index in [1.54, 1.807) is 19.2 Å². The number of carbonyl (C=O) groups is 1. The molecule has 0 radical (unpaired) electrons. The molecule has 1 aromatic carbocycles. The minimum Gasteiger partial charge on any atom is -0.356 e. The van der Waals surface area contributed by atoms with Crippen molar-refractivity contribution < 1.29 is 4.79 Å². The molecular weight excluding hydrogens is 422 g/mol. The molecule has 3 rings (SSSR count). The van der Waals surface area contributed by atoms with Crippen LogP contribution in [0.2, 0.25) is 0 Å². The zero-order valence-corrected chi connectivity index (χ0v) is 17.1. The van der Waals surface area contributed by atoms with Crippen molar-refractivity contribution in [3.05, 3.63) is 64.5 Å². The topological polar surface area (TPSA) is 95.7 Å². The molecule has 2 heterocycles. The number of benzene rings is 1. The molecule has 146 valence electrons. The largest absolute Gasteiger partial charge is 0.356 e. The minimum absolute atomic E-state index is 0.0753. The molecule has 0 saturated carbocycles. The average Bonchev–Trinajstić information content (AvgIpc) is 3.13. The molecule has 8 nitrogen and oxygen atoms in total. The van der Waals surface area contributed by atoms with Gasteiger partial charge in [-0.2, -0.15) is 0 Å². The van der Waals surface area contributed by atoms with Crippen LogP contribution in [-0.2, 0) is 6.54 Å². The molecular formula is C19H22BrN7O. The molecule has 0 aliphatic rings. The number of nitrogens with one attached hydrogen (secondary N) is 3. The quantitative estimate of drug-likeness (QED) is 0.294. The highest BCUT2D eigenvalue weighted by Crippen LogP contribution is 2.10. The van der Waals surface area contributed by atoms with Crippen molar-refractivity contribution >= 4 is 33.4 Å². The number of carbonyl (C=O) groups excluding carboxylic acids is 1. The molecule has 3 aromatic rings. The van der Waals surface area contributed by atoms with Gasteiger partial charge in [-0.05, 0) is 42.8 Å². The highest BCUT2D eigenvalue weighted by molar-refractivity contribution is 9.10. The second kappa shape index (κ2) is 9.84. The van der Waals surface area contributed by atoms with Gasteiger partial charge in [-0.1, -0.05) is 22.0 Å². The van der Waals surface area contributed by atoms with Crippen LogP contribution in [0.15, 0.2) is 58.1 Å². The van der Waals surface area contributed by atoms with Crippen molar-refractivity contribution in [1.82, 2.24) is 30.5 Å². The van der Waals surface area contributed by atoms with E-state index in [9.17, 15) is 4.79 Å². The van der Waals surface area contributed by atoms with Crippen LogP contribution in [0, 0.1) is 0 Å². The Hall–Kier alpha value is -2.94. The predicted molar refractivity (Wildman–Crippen MR) is 112 cm³/mol. The zero-order chi connectivity index (χ0) is 19.8. The van der Waals surface area contributed by atoms with Gasteiger partial charge in [0.05, 0.1) is 6.54 Å². The van der Waals surface area contributed by atoms with Crippen LogP contribution in [0.1, 0.15) is 22.6 Å². The maximum absolute atomic E-state index is 12.1. The summed E-state index contributed by atoms with van der Waals surface area (Å²) >= 11 is 3.36. The van der Waals surface area contributed by atoms with Crippen LogP contribution in [0.5, 0.6) is 0 Å². The molecule has 0 bridgehead atoms. The molecule has 0 spiro atoms. The van der Waals surface area contributed by atoms with Crippen molar-refractivity contribution in [2.24, 2.45) is 4.99 Å². The van der Waals surface area contributed by atoms with Gasteiger partial charge in [0, 0.05) is 36.4 Å². The Kier molecular flexibility index (Phi) is 6.96. The third-order valence-electron chi connectivity index (χ3n) is 4.06. The Morgan fingerprint density at radius 2 is 1.86 bits per heavy atom. The number of aliphatic imine (C=N–C) groups is 1. The molecule has 28 heavy (non-hydrogen) atoms. The van der Waals surface area contributed by atoms with E-state index in [1.165, 1.54) is 0 Å². The predicted octanol–water partition coefficient (Wildman–Crippen LogP) is 1.98. The molecule has 0 aliphatic heterocycles. The molecule has 0 saturated heterocycles. The number of nitrogens with zero attached hydrogens (tertiary/aromatic N) is 4. The van der Waals surface area contributed by atoms with Crippen molar-refractivity contribution in [3.8, 4) is 0 Å². The Labute approximate surface area is 171 Å². The SMILES string of the molecule is CN=C(NCCCNC(=O)c1ccc(Br)cc1)NCc1nnc2ccccn12. The van der Waals surface area contributed by atoms with Crippen LogP contribution in [0.4, 0.5) is 0 Å². The first-order chi connectivity index (χ1) is 13.7. The number of aromatic nitrogens is 3. The van der Waals surface area contributed by atoms with Gasteiger partial charge < -0.3 is 16.0 Å². The summed E-state index contributed by atoms with van der Waals surface area (Å²) in [6.07, 6.45) is 2.70. The molecule has 2 aromatic heterocycles. The summed E-state index contributed by atoms with van der Waals surface area (Å²) in [5, 5.41) is 17.7. The van der Waals surface area contributed by atoms with E-state index in [4.69, 9.17) is 0 Å². The number of hydrogen-bond acceptors (Lipinski definition) is 4. The first kappa shape index (κ1) is 19.8. The van der Waals surface area contributed by atoms with Crippen LogP contribution in [-0.4, -0.2) is 46.6 Å². The van der Waals surface area contributed by atoms with Gasteiger partial charge in [0.1, 0.15) is 0 Å². The van der Waals surface area contributed by atoms with E-state index < -0.39 is 0 Å². The first-order valence-electron chi connectivity index (χ1n) is 8.94. The van der Waals surface area contributed by atoms with Crippen LogP contribution in [0.25, 0.3) is 5.65 Å². The summed E-state index contributed by atoms with van der Waals surface area (Å²) < 4.78 is 2.88. The molecule has 0 atom stereocenters. The Morgan fingerprint density at radius 1 is 1.07 bits per heavy atom. The summed E-state index contributed by atoms with van der Waals surface area (Å²) in [5.41, 5.74) is 1.46. The van der Waals surface area contributed by atoms with Crippen LogP contribution >= 0.6 is 15.9 Å². The van der Waals surface area contributed by atoms with E-state index in [-0.39, 0.29) is 5.91 Å². The van der Waals surface area contributed by atoms with Gasteiger partial charge in [0.2, 0.25) is 0 Å². The Bertz CT molecular complexity index is 952. The number of fused-ring (bicyclic) bond motifs is 1. The van der Waals surface area contributed by atoms with Gasteiger partial charge in [-0.25, -0.2) is 0 Å². The Balaban J connectivity index is 1.37. The van der Waals surface area contributed by atoms with E-state index in [1.807, 2.05) is 40.9 Å². The summed E-state index contributed by atoms with van der Waals surface area (Å²) in [4.78, 5) is 16.3. The molecule has 0 fully saturated rings. The van der Waals surface area contributed by atoms with Crippen molar-refractivity contribution in [2.45, 2.75) is 13.0 Å². The van der Waals surface area contributed by atoms with E-state index >= 15 is 0 Å². The third kappa shape index (κ3) is 5.29. The number of pyridine rings is 1. The minimum atomic E-state index is -0.0753. The fourth-order valence-electron chi connectivity index (χ4n) is 2.60. The summed E-state index contributed by atoms with van der Waals surface area (Å²) in [6, 6.07) is 13.1. The number of amides is 1. The fourth-order valence-corrected chi connectivity index (χ4v) is 2.86. The summed E-state index contributed by atoms with van der Waals surface area (Å²) in [6.45, 7) is 1.76. The lowest BCUT2D eigenvalue weighted by Gasteiger charge is -2.11. The number of hydrogen-bond donors (Lipinski definition) is 3. The first-order valence-corrected chi connectivity index (χ1v) is 9.73.